The molecule has 1 aromatic carbocycles. The Morgan fingerprint density at radius 3 is 2.97 bits per heavy atom. The van der Waals surface area contributed by atoms with Crippen LogP contribution in [0.4, 0.5) is 15.9 Å². The third-order valence-electron chi connectivity index (χ3n) is 4.36. The summed E-state index contributed by atoms with van der Waals surface area (Å²) in [7, 11) is -3.73. The number of aliphatic imine (C=N–C) groups is 1. The lowest BCUT2D eigenvalue weighted by atomic mass is 10.00. The summed E-state index contributed by atoms with van der Waals surface area (Å²) in [6, 6.07) is 4.07. The van der Waals surface area contributed by atoms with E-state index in [0.29, 0.717) is 25.2 Å². The summed E-state index contributed by atoms with van der Waals surface area (Å²) >= 11 is 3.07. The maximum absolute atomic E-state index is 13.4. The van der Waals surface area contributed by atoms with Crippen LogP contribution in [0.15, 0.2) is 32.3 Å². The zero-order valence-electron chi connectivity index (χ0n) is 15.0. The lowest BCUT2D eigenvalue weighted by molar-refractivity contribution is 0.234. The van der Waals surface area contributed by atoms with Crippen LogP contribution < -0.4 is 15.9 Å². The number of piperidine rings is 1. The normalized spacial score (nSPS) is 18.6. The van der Waals surface area contributed by atoms with Crippen molar-refractivity contribution in [1.29, 1.82) is 0 Å². The minimum Gasteiger partial charge on any atom is -0.365 e. The van der Waals surface area contributed by atoms with Gasteiger partial charge in [0.25, 0.3) is 10.2 Å². The topological polar surface area (TPSA) is 159 Å². The van der Waals surface area contributed by atoms with Crippen LogP contribution >= 0.6 is 15.9 Å². The molecule has 0 amide bonds. The van der Waals surface area contributed by atoms with E-state index in [1.165, 1.54) is 22.5 Å². The van der Waals surface area contributed by atoms with Crippen molar-refractivity contribution in [3.8, 4) is 0 Å². The van der Waals surface area contributed by atoms with Gasteiger partial charge in [0.1, 0.15) is 5.82 Å². The van der Waals surface area contributed by atoms with Gasteiger partial charge in [0.15, 0.2) is 11.5 Å². The number of benzene rings is 1. The average Bonchev–Trinajstić information content (AvgIpc) is 3.15. The molecular formula is C15H19BrFN7O4S. The number of hydroxylamine groups is 1. The molecule has 11 nitrogen and oxygen atoms in total. The van der Waals surface area contributed by atoms with Gasteiger partial charge in [0.2, 0.25) is 5.82 Å². The zero-order valence-corrected chi connectivity index (χ0v) is 17.4. The minimum atomic E-state index is -3.73. The molecule has 0 saturated carbocycles. The van der Waals surface area contributed by atoms with E-state index in [2.05, 4.69) is 36.6 Å². The fraction of sp³-hybridized carbons (Fsp3) is 0.400. The Morgan fingerprint density at radius 2 is 2.28 bits per heavy atom. The lowest BCUT2D eigenvalue weighted by Gasteiger charge is -2.30. The van der Waals surface area contributed by atoms with Gasteiger partial charge in [0.05, 0.1) is 10.2 Å². The van der Waals surface area contributed by atoms with Crippen molar-refractivity contribution in [2.45, 2.75) is 12.8 Å². The van der Waals surface area contributed by atoms with Crippen LogP contribution in [0.5, 0.6) is 0 Å². The molecule has 1 aromatic heterocycles. The predicted octanol–water partition coefficient (Wildman–Crippen LogP) is 1.36. The van der Waals surface area contributed by atoms with Crippen LogP contribution in [0.1, 0.15) is 18.5 Å². The number of amidine groups is 1. The van der Waals surface area contributed by atoms with Crippen LogP contribution in [-0.2, 0) is 10.2 Å². The molecule has 3 rings (SSSR count). The Kier molecular flexibility index (Phi) is 6.79. The molecule has 0 unspecified atom stereocenters. The van der Waals surface area contributed by atoms with Gasteiger partial charge in [-0.05, 0) is 63.2 Å². The number of hydrogen-bond acceptors (Lipinski definition) is 8. The van der Waals surface area contributed by atoms with Gasteiger partial charge in [-0.1, -0.05) is 0 Å². The molecule has 1 fully saturated rings. The zero-order chi connectivity index (χ0) is 21.0. The molecule has 158 valence electrons. The number of hydrogen-bond donors (Lipinski definition) is 4. The highest BCUT2D eigenvalue weighted by Gasteiger charge is 2.27. The summed E-state index contributed by atoms with van der Waals surface area (Å²) in [6.45, 7) is 1.06. The van der Waals surface area contributed by atoms with Crippen LogP contribution in [0.3, 0.4) is 0 Å². The fourth-order valence-corrected chi connectivity index (χ4v) is 4.11. The Balaban J connectivity index is 1.72. The molecule has 2 aromatic rings. The molecule has 1 aliphatic rings. The molecule has 0 radical (unpaired) electrons. The van der Waals surface area contributed by atoms with Gasteiger partial charge in [-0.2, -0.15) is 12.7 Å². The number of nitrogens with one attached hydrogen (secondary N) is 2. The number of halogens is 2. The number of nitrogens with two attached hydrogens (primary N) is 1. The second-order valence-electron chi connectivity index (χ2n) is 6.42. The SMILES string of the molecule is NS(=O)(=O)N1CCC[C@H](CNc2nonc2C(=Nc2ccc(F)c(Br)c2)NO)C1. The van der Waals surface area contributed by atoms with E-state index >= 15 is 0 Å². The molecule has 1 atom stereocenters. The summed E-state index contributed by atoms with van der Waals surface area (Å²) in [6.07, 6.45) is 1.50. The smallest absolute Gasteiger partial charge is 0.276 e. The summed E-state index contributed by atoms with van der Waals surface area (Å²) in [5.41, 5.74) is 2.38. The predicted molar refractivity (Wildman–Crippen MR) is 105 cm³/mol. The van der Waals surface area contributed by atoms with Crippen molar-refractivity contribution >= 4 is 43.5 Å². The first-order valence-electron chi connectivity index (χ1n) is 8.56. The van der Waals surface area contributed by atoms with E-state index in [9.17, 15) is 18.0 Å². The molecule has 0 spiro atoms. The number of aromatic nitrogens is 2. The third-order valence-corrected chi connectivity index (χ3v) is 6.02. The first-order chi connectivity index (χ1) is 13.8. The lowest BCUT2D eigenvalue weighted by Crippen LogP contribution is -2.44. The maximum atomic E-state index is 13.4. The minimum absolute atomic E-state index is 0.00199. The Morgan fingerprint density at radius 1 is 1.48 bits per heavy atom. The van der Waals surface area contributed by atoms with E-state index in [0.717, 1.165) is 6.42 Å². The van der Waals surface area contributed by atoms with E-state index in [1.54, 1.807) is 0 Å². The molecule has 0 aliphatic carbocycles. The van der Waals surface area contributed by atoms with Crippen molar-refractivity contribution in [2.75, 3.05) is 25.0 Å². The van der Waals surface area contributed by atoms with Crippen molar-refractivity contribution in [3.63, 3.8) is 0 Å². The van der Waals surface area contributed by atoms with Gasteiger partial charge in [-0.3, -0.25) is 10.7 Å². The molecule has 29 heavy (non-hydrogen) atoms. The van der Waals surface area contributed by atoms with Gasteiger partial charge >= 0.3 is 0 Å². The second kappa shape index (κ2) is 9.13. The molecular weight excluding hydrogens is 473 g/mol. The molecule has 1 aliphatic heterocycles. The molecule has 14 heteroatoms. The summed E-state index contributed by atoms with van der Waals surface area (Å²) in [5.74, 6) is -0.308. The summed E-state index contributed by atoms with van der Waals surface area (Å²) in [5, 5.41) is 25.2. The molecule has 0 bridgehead atoms. The molecule has 1 saturated heterocycles. The van der Waals surface area contributed by atoms with Crippen LogP contribution in [0, 0.1) is 11.7 Å². The standard InChI is InChI=1S/C15H19BrFN7O4S/c16-11-6-10(3-4-12(11)17)20-15(21-25)13-14(23-28-22-13)19-7-9-2-1-5-24(8-9)29(18,26)27/h3-4,6,9,25H,1-2,5,7-8H2,(H,19,23)(H,20,21)(H2,18,26,27)/t9-/m1/s1. The fourth-order valence-electron chi connectivity index (χ4n) is 2.94. The first-order valence-corrected chi connectivity index (χ1v) is 10.9. The Labute approximate surface area is 174 Å². The largest absolute Gasteiger partial charge is 0.365 e. The highest BCUT2D eigenvalue weighted by atomic mass is 79.9. The van der Waals surface area contributed by atoms with E-state index in [1.807, 2.05) is 5.48 Å². The highest BCUT2D eigenvalue weighted by Crippen LogP contribution is 2.24. The van der Waals surface area contributed by atoms with Crippen molar-refractivity contribution in [1.82, 2.24) is 20.1 Å². The van der Waals surface area contributed by atoms with Gasteiger partial charge in [-0.15, -0.1) is 0 Å². The first kappa shape index (κ1) is 21.6. The number of anilines is 1. The molecule has 5 N–H and O–H groups in total. The number of rotatable bonds is 6. The van der Waals surface area contributed by atoms with Gasteiger partial charge < -0.3 is 5.32 Å². The van der Waals surface area contributed by atoms with E-state index < -0.39 is 16.0 Å². The van der Waals surface area contributed by atoms with Crippen molar-refractivity contribution in [3.05, 3.63) is 34.2 Å². The van der Waals surface area contributed by atoms with Crippen molar-refractivity contribution in [2.24, 2.45) is 16.0 Å². The quantitative estimate of drug-likeness (QED) is 0.267. The Hall–Kier alpha value is -2.13. The van der Waals surface area contributed by atoms with Crippen LogP contribution in [0.2, 0.25) is 0 Å². The number of nitrogens with zero attached hydrogens (tertiary/aromatic N) is 4. The monoisotopic (exact) mass is 491 g/mol. The Bertz CT molecular complexity index is 1000. The summed E-state index contributed by atoms with van der Waals surface area (Å²) in [4.78, 5) is 4.17. The summed E-state index contributed by atoms with van der Waals surface area (Å²) < 4.78 is 42.6. The molecule has 2 heterocycles. The average molecular weight is 492 g/mol. The van der Waals surface area contributed by atoms with Gasteiger partial charge in [-0.25, -0.2) is 19.2 Å². The van der Waals surface area contributed by atoms with E-state index in [4.69, 9.17) is 9.77 Å². The van der Waals surface area contributed by atoms with Crippen LogP contribution in [0.25, 0.3) is 0 Å². The second-order valence-corrected chi connectivity index (χ2v) is 8.82. The third kappa shape index (κ3) is 5.48. The van der Waals surface area contributed by atoms with Crippen LogP contribution in [-0.4, -0.2) is 53.7 Å². The highest BCUT2D eigenvalue weighted by molar-refractivity contribution is 9.10. The van der Waals surface area contributed by atoms with Gasteiger partial charge in [0, 0.05) is 19.6 Å². The van der Waals surface area contributed by atoms with E-state index in [-0.39, 0.29) is 34.3 Å². The van der Waals surface area contributed by atoms with Crippen molar-refractivity contribution < 1.29 is 22.6 Å². The maximum Gasteiger partial charge on any atom is 0.276 e.